The summed E-state index contributed by atoms with van der Waals surface area (Å²) in [6.07, 6.45) is 1.80. The lowest BCUT2D eigenvalue weighted by Crippen LogP contribution is -2.28. The van der Waals surface area contributed by atoms with E-state index < -0.39 is 16.1 Å². The van der Waals surface area contributed by atoms with Gasteiger partial charge in [-0.15, -0.1) is 6.58 Å². The average Bonchev–Trinajstić information content (AvgIpc) is 2.47. The molecule has 122 valence electrons. The Morgan fingerprint density at radius 1 is 1.36 bits per heavy atom. The number of anilines is 1. The SMILES string of the molecule is C=CCCOC(C)C(=O)Nc1ccc(S(=O)(=O)N(C)C)cc1. The molecule has 0 spiro atoms. The van der Waals surface area contributed by atoms with Gasteiger partial charge in [-0.2, -0.15) is 0 Å². The lowest BCUT2D eigenvalue weighted by molar-refractivity contribution is -0.126. The molecule has 0 aliphatic carbocycles. The molecule has 0 bridgehead atoms. The predicted molar refractivity (Wildman–Crippen MR) is 86.2 cm³/mol. The Labute approximate surface area is 131 Å². The third kappa shape index (κ3) is 4.94. The minimum atomic E-state index is -3.47. The molecule has 1 N–H and O–H groups in total. The van der Waals surface area contributed by atoms with Gasteiger partial charge in [0.25, 0.3) is 5.91 Å². The molecular formula is C15H22N2O4S. The molecule has 1 rings (SSSR count). The number of hydrogen-bond donors (Lipinski definition) is 1. The first-order chi connectivity index (χ1) is 10.3. The van der Waals surface area contributed by atoms with Gasteiger partial charge in [0.2, 0.25) is 10.0 Å². The highest BCUT2D eigenvalue weighted by Gasteiger charge is 2.17. The molecule has 7 heteroatoms. The summed E-state index contributed by atoms with van der Waals surface area (Å²) in [5.74, 6) is -0.285. The van der Waals surface area contributed by atoms with Crippen LogP contribution in [0.25, 0.3) is 0 Å². The van der Waals surface area contributed by atoms with E-state index in [9.17, 15) is 13.2 Å². The molecule has 1 aromatic rings. The maximum atomic E-state index is 11.9. The first-order valence-electron chi connectivity index (χ1n) is 6.85. The van der Waals surface area contributed by atoms with Gasteiger partial charge in [0, 0.05) is 19.8 Å². The average molecular weight is 326 g/mol. The van der Waals surface area contributed by atoms with Crippen LogP contribution in [-0.2, 0) is 19.6 Å². The van der Waals surface area contributed by atoms with E-state index in [-0.39, 0.29) is 10.8 Å². The van der Waals surface area contributed by atoms with Gasteiger partial charge in [-0.25, -0.2) is 12.7 Å². The maximum Gasteiger partial charge on any atom is 0.253 e. The van der Waals surface area contributed by atoms with Crippen LogP contribution < -0.4 is 5.32 Å². The van der Waals surface area contributed by atoms with E-state index in [0.29, 0.717) is 18.7 Å². The summed E-state index contributed by atoms with van der Waals surface area (Å²) in [5, 5.41) is 2.68. The summed E-state index contributed by atoms with van der Waals surface area (Å²) >= 11 is 0. The molecule has 0 aliphatic heterocycles. The van der Waals surface area contributed by atoms with E-state index in [0.717, 1.165) is 4.31 Å². The van der Waals surface area contributed by atoms with E-state index in [4.69, 9.17) is 4.74 Å². The lowest BCUT2D eigenvalue weighted by Gasteiger charge is -2.14. The topological polar surface area (TPSA) is 75.7 Å². The van der Waals surface area contributed by atoms with Gasteiger partial charge in [-0.1, -0.05) is 6.08 Å². The maximum absolute atomic E-state index is 11.9. The Balaban J connectivity index is 2.68. The molecule has 0 aliphatic rings. The molecule has 1 atom stereocenters. The van der Waals surface area contributed by atoms with Crippen molar-refractivity contribution in [3.63, 3.8) is 0 Å². The Bertz CT molecular complexity index is 609. The number of benzene rings is 1. The fraction of sp³-hybridized carbons (Fsp3) is 0.400. The van der Waals surface area contributed by atoms with Crippen molar-refractivity contribution in [2.24, 2.45) is 0 Å². The monoisotopic (exact) mass is 326 g/mol. The molecule has 0 saturated heterocycles. The van der Waals surface area contributed by atoms with Crippen molar-refractivity contribution >= 4 is 21.6 Å². The molecule has 1 amide bonds. The second-order valence-corrected chi connectivity index (χ2v) is 7.04. The van der Waals surface area contributed by atoms with Crippen LogP contribution >= 0.6 is 0 Å². The molecular weight excluding hydrogens is 304 g/mol. The van der Waals surface area contributed by atoms with Crippen LogP contribution in [0.1, 0.15) is 13.3 Å². The number of nitrogens with zero attached hydrogens (tertiary/aromatic N) is 1. The third-order valence-corrected chi connectivity index (χ3v) is 4.79. The first-order valence-corrected chi connectivity index (χ1v) is 8.29. The Morgan fingerprint density at radius 2 is 1.95 bits per heavy atom. The molecule has 0 aromatic heterocycles. The smallest absolute Gasteiger partial charge is 0.253 e. The normalized spacial score (nSPS) is 12.9. The summed E-state index contributed by atoms with van der Waals surface area (Å²) in [6.45, 7) is 5.66. The van der Waals surface area contributed by atoms with Crippen molar-refractivity contribution in [3.05, 3.63) is 36.9 Å². The van der Waals surface area contributed by atoms with E-state index in [1.807, 2.05) is 0 Å². The minimum absolute atomic E-state index is 0.172. The minimum Gasteiger partial charge on any atom is -0.368 e. The van der Waals surface area contributed by atoms with Gasteiger partial charge < -0.3 is 10.1 Å². The molecule has 0 heterocycles. The van der Waals surface area contributed by atoms with Crippen molar-refractivity contribution < 1.29 is 17.9 Å². The van der Waals surface area contributed by atoms with Gasteiger partial charge in [-0.05, 0) is 37.6 Å². The molecule has 0 fully saturated rings. The second-order valence-electron chi connectivity index (χ2n) is 4.89. The number of hydrogen-bond acceptors (Lipinski definition) is 4. The second kappa shape index (κ2) is 8.07. The van der Waals surface area contributed by atoms with Crippen molar-refractivity contribution in [1.29, 1.82) is 0 Å². The summed E-state index contributed by atoms with van der Waals surface area (Å²) in [7, 11) is -0.536. The molecule has 1 unspecified atom stereocenters. The fourth-order valence-corrected chi connectivity index (χ4v) is 2.47. The number of rotatable bonds is 8. The molecule has 0 saturated carbocycles. The number of carbonyl (C=O) groups excluding carboxylic acids is 1. The van der Waals surface area contributed by atoms with Gasteiger partial charge in [0.15, 0.2) is 0 Å². The highest BCUT2D eigenvalue weighted by molar-refractivity contribution is 7.89. The highest BCUT2D eigenvalue weighted by atomic mass is 32.2. The van der Waals surface area contributed by atoms with Crippen LogP contribution in [0.5, 0.6) is 0 Å². The predicted octanol–water partition coefficient (Wildman–Crippen LogP) is 1.86. The van der Waals surface area contributed by atoms with Crippen molar-refractivity contribution in [3.8, 4) is 0 Å². The Morgan fingerprint density at radius 3 is 2.45 bits per heavy atom. The number of amides is 1. The van der Waals surface area contributed by atoms with Gasteiger partial charge in [0.1, 0.15) is 6.10 Å². The first kappa shape index (κ1) is 18.3. The lowest BCUT2D eigenvalue weighted by atomic mass is 10.3. The molecule has 1 aromatic carbocycles. The zero-order chi connectivity index (χ0) is 16.8. The van der Waals surface area contributed by atoms with Crippen LogP contribution in [0, 0.1) is 0 Å². The zero-order valence-electron chi connectivity index (χ0n) is 13.1. The quantitative estimate of drug-likeness (QED) is 0.584. The number of carbonyl (C=O) groups is 1. The fourth-order valence-electron chi connectivity index (χ4n) is 1.57. The summed E-state index contributed by atoms with van der Waals surface area (Å²) in [4.78, 5) is 12.1. The number of sulfonamides is 1. The zero-order valence-corrected chi connectivity index (χ0v) is 13.9. The molecule has 0 radical (unpaired) electrons. The standard InChI is InChI=1S/C15H22N2O4S/c1-5-6-11-21-12(2)15(18)16-13-7-9-14(10-8-13)22(19,20)17(3)4/h5,7-10,12H,1,6,11H2,2-4H3,(H,16,18). The number of ether oxygens (including phenoxy) is 1. The van der Waals surface area contributed by atoms with Crippen LogP contribution in [0.3, 0.4) is 0 Å². The summed E-state index contributed by atoms with van der Waals surface area (Å²) in [5.41, 5.74) is 0.516. The van der Waals surface area contributed by atoms with E-state index in [1.54, 1.807) is 25.1 Å². The van der Waals surface area contributed by atoms with Crippen molar-refractivity contribution in [2.75, 3.05) is 26.0 Å². The van der Waals surface area contributed by atoms with Crippen molar-refractivity contribution in [1.82, 2.24) is 4.31 Å². The van der Waals surface area contributed by atoms with Gasteiger partial charge >= 0.3 is 0 Å². The summed E-state index contributed by atoms with van der Waals surface area (Å²) in [6, 6.07) is 6.00. The van der Waals surface area contributed by atoms with E-state index in [2.05, 4.69) is 11.9 Å². The van der Waals surface area contributed by atoms with Gasteiger partial charge in [-0.3, -0.25) is 4.79 Å². The van der Waals surface area contributed by atoms with Crippen molar-refractivity contribution in [2.45, 2.75) is 24.3 Å². The molecule has 6 nitrogen and oxygen atoms in total. The molecule has 22 heavy (non-hydrogen) atoms. The van der Waals surface area contributed by atoms with E-state index in [1.165, 1.54) is 26.2 Å². The van der Waals surface area contributed by atoms with Crippen LogP contribution in [0.4, 0.5) is 5.69 Å². The Kier molecular flexibility index (Phi) is 6.73. The third-order valence-electron chi connectivity index (χ3n) is 2.96. The van der Waals surface area contributed by atoms with Crippen LogP contribution in [0.15, 0.2) is 41.8 Å². The Hall–Kier alpha value is -1.70. The number of nitrogens with one attached hydrogen (secondary N) is 1. The summed E-state index contributed by atoms with van der Waals surface area (Å²) < 4.78 is 30.3. The van der Waals surface area contributed by atoms with E-state index >= 15 is 0 Å². The van der Waals surface area contributed by atoms with Crippen LogP contribution in [-0.4, -0.2) is 45.4 Å². The highest BCUT2D eigenvalue weighted by Crippen LogP contribution is 2.16. The van der Waals surface area contributed by atoms with Crippen LogP contribution in [0.2, 0.25) is 0 Å². The van der Waals surface area contributed by atoms with Gasteiger partial charge in [0.05, 0.1) is 11.5 Å². The largest absolute Gasteiger partial charge is 0.368 e.